The normalized spacial score (nSPS) is 10.6. The van der Waals surface area contributed by atoms with Crippen LogP contribution in [0.15, 0.2) is 65.2 Å². The van der Waals surface area contributed by atoms with Gasteiger partial charge in [-0.1, -0.05) is 24.3 Å². The molecule has 0 amide bonds. The average Bonchev–Trinajstić information content (AvgIpc) is 3.14. The van der Waals surface area contributed by atoms with Crippen molar-refractivity contribution in [3.63, 3.8) is 0 Å². The number of aryl methyl sites for hydroxylation is 2. The maximum atomic E-state index is 4.51. The first-order valence-electron chi connectivity index (χ1n) is 8.61. The summed E-state index contributed by atoms with van der Waals surface area (Å²) in [5.74, 6) is 0.885. The van der Waals surface area contributed by atoms with Gasteiger partial charge in [-0.25, -0.2) is 4.98 Å². The Bertz CT molecular complexity index is 1020. The summed E-state index contributed by atoms with van der Waals surface area (Å²) in [6.45, 7) is 4.07. The summed E-state index contributed by atoms with van der Waals surface area (Å²) in [5, 5.41) is 14.2. The minimum Gasteiger partial charge on any atom is -0.324 e. The molecule has 28 heavy (non-hydrogen) atoms. The van der Waals surface area contributed by atoms with Gasteiger partial charge >= 0.3 is 0 Å². The van der Waals surface area contributed by atoms with E-state index in [4.69, 9.17) is 0 Å². The second-order valence-corrected chi connectivity index (χ2v) is 7.10. The van der Waals surface area contributed by atoms with Gasteiger partial charge in [-0.15, -0.1) is 0 Å². The number of aromatic amines is 1. The second kappa shape index (κ2) is 8.05. The Morgan fingerprint density at radius 2 is 1.43 bits per heavy atom. The molecular formula is C19H18N8S. The smallest absolute Gasteiger partial charge is 0.233 e. The zero-order valence-corrected chi connectivity index (χ0v) is 16.2. The summed E-state index contributed by atoms with van der Waals surface area (Å²) in [6, 6.07) is 16.0. The summed E-state index contributed by atoms with van der Waals surface area (Å²) in [4.78, 5) is 17.6. The van der Waals surface area contributed by atoms with Gasteiger partial charge in [0.15, 0.2) is 5.16 Å². The highest BCUT2D eigenvalue weighted by atomic mass is 32.2. The number of aromatic nitrogens is 6. The van der Waals surface area contributed by atoms with Gasteiger partial charge in [-0.3, -0.25) is 5.10 Å². The number of hydrogen-bond donors (Lipinski definition) is 3. The van der Waals surface area contributed by atoms with Crippen LogP contribution >= 0.6 is 11.8 Å². The van der Waals surface area contributed by atoms with Crippen molar-refractivity contribution in [1.29, 1.82) is 0 Å². The van der Waals surface area contributed by atoms with Crippen LogP contribution in [-0.4, -0.2) is 30.1 Å². The van der Waals surface area contributed by atoms with Crippen LogP contribution in [-0.2, 0) is 0 Å². The van der Waals surface area contributed by atoms with E-state index in [0.29, 0.717) is 22.2 Å². The molecule has 2 aromatic carbocycles. The molecule has 0 radical (unpaired) electrons. The quantitative estimate of drug-likeness (QED) is 0.449. The number of nitrogens with zero attached hydrogens (tertiary/aromatic N) is 5. The number of H-pyrrole nitrogens is 1. The first-order chi connectivity index (χ1) is 13.6. The van der Waals surface area contributed by atoms with Gasteiger partial charge in [-0.05, 0) is 61.0 Å². The zero-order valence-electron chi connectivity index (χ0n) is 15.3. The third kappa shape index (κ3) is 4.63. The molecule has 0 aliphatic rings. The largest absolute Gasteiger partial charge is 0.324 e. The van der Waals surface area contributed by atoms with Crippen molar-refractivity contribution < 1.29 is 0 Å². The molecule has 9 heteroatoms. The lowest BCUT2D eigenvalue weighted by molar-refractivity contribution is 0.904. The summed E-state index contributed by atoms with van der Waals surface area (Å²) in [7, 11) is 0. The molecule has 0 unspecified atom stereocenters. The molecule has 2 heterocycles. The molecule has 0 aliphatic heterocycles. The lowest BCUT2D eigenvalue weighted by atomic mass is 10.2. The van der Waals surface area contributed by atoms with Crippen LogP contribution in [0.4, 0.5) is 23.3 Å². The Labute approximate surface area is 166 Å². The third-order valence-electron chi connectivity index (χ3n) is 3.74. The van der Waals surface area contributed by atoms with Gasteiger partial charge in [0.05, 0.1) is 0 Å². The lowest BCUT2D eigenvalue weighted by Gasteiger charge is -2.10. The van der Waals surface area contributed by atoms with E-state index in [0.717, 1.165) is 22.5 Å². The van der Waals surface area contributed by atoms with Crippen molar-refractivity contribution in [2.75, 3.05) is 10.6 Å². The minimum absolute atomic E-state index is 0.442. The number of rotatable bonds is 6. The SMILES string of the molecule is Cc1cccc(Nc2nc(Nc3cccc(C)c3)nc(Sc3ncn[nH]3)n2)c1. The molecule has 4 rings (SSSR count). The zero-order chi connectivity index (χ0) is 19.3. The fourth-order valence-corrected chi connectivity index (χ4v) is 3.18. The van der Waals surface area contributed by atoms with E-state index < -0.39 is 0 Å². The van der Waals surface area contributed by atoms with Crippen LogP contribution in [0.1, 0.15) is 11.1 Å². The highest BCUT2D eigenvalue weighted by molar-refractivity contribution is 7.99. The summed E-state index contributed by atoms with van der Waals surface area (Å²) in [6.07, 6.45) is 1.45. The van der Waals surface area contributed by atoms with Crippen molar-refractivity contribution >= 4 is 35.0 Å². The second-order valence-electron chi connectivity index (χ2n) is 6.15. The molecular weight excluding hydrogens is 372 g/mol. The number of nitrogens with one attached hydrogen (secondary N) is 3. The molecule has 0 bridgehead atoms. The van der Waals surface area contributed by atoms with Crippen LogP contribution in [0.25, 0.3) is 0 Å². The fraction of sp³-hybridized carbons (Fsp3) is 0.105. The molecule has 0 aliphatic carbocycles. The Morgan fingerprint density at radius 3 is 1.93 bits per heavy atom. The van der Waals surface area contributed by atoms with Crippen molar-refractivity contribution in [3.8, 4) is 0 Å². The van der Waals surface area contributed by atoms with Crippen molar-refractivity contribution in [3.05, 3.63) is 66.0 Å². The van der Waals surface area contributed by atoms with E-state index in [-0.39, 0.29) is 0 Å². The highest BCUT2D eigenvalue weighted by Crippen LogP contribution is 2.25. The van der Waals surface area contributed by atoms with Crippen LogP contribution in [0, 0.1) is 13.8 Å². The highest BCUT2D eigenvalue weighted by Gasteiger charge is 2.11. The Kier molecular flexibility index (Phi) is 5.16. The monoisotopic (exact) mass is 390 g/mol. The number of hydrogen-bond acceptors (Lipinski definition) is 8. The van der Waals surface area contributed by atoms with Crippen LogP contribution in [0.2, 0.25) is 0 Å². The van der Waals surface area contributed by atoms with E-state index in [9.17, 15) is 0 Å². The molecule has 0 fully saturated rings. The maximum Gasteiger partial charge on any atom is 0.233 e. The minimum atomic E-state index is 0.442. The van der Waals surface area contributed by atoms with Crippen molar-refractivity contribution in [1.82, 2.24) is 30.1 Å². The van der Waals surface area contributed by atoms with Crippen LogP contribution < -0.4 is 10.6 Å². The first kappa shape index (κ1) is 17.9. The van der Waals surface area contributed by atoms with Gasteiger partial charge in [-0.2, -0.15) is 20.1 Å². The first-order valence-corrected chi connectivity index (χ1v) is 9.42. The van der Waals surface area contributed by atoms with E-state index in [1.807, 2.05) is 62.4 Å². The van der Waals surface area contributed by atoms with Gasteiger partial charge in [0.1, 0.15) is 6.33 Å². The molecule has 4 aromatic rings. The Balaban J connectivity index is 1.65. The summed E-state index contributed by atoms with van der Waals surface area (Å²) in [5.41, 5.74) is 4.11. The predicted octanol–water partition coefficient (Wildman–Crippen LogP) is 4.24. The Hall–Kier alpha value is -3.46. The molecule has 3 N–H and O–H groups in total. The summed E-state index contributed by atoms with van der Waals surface area (Å²) >= 11 is 1.28. The van der Waals surface area contributed by atoms with E-state index in [1.165, 1.54) is 18.1 Å². The van der Waals surface area contributed by atoms with E-state index >= 15 is 0 Å². The average molecular weight is 390 g/mol. The third-order valence-corrected chi connectivity index (χ3v) is 4.50. The van der Waals surface area contributed by atoms with Crippen molar-refractivity contribution in [2.24, 2.45) is 0 Å². The van der Waals surface area contributed by atoms with E-state index in [2.05, 4.69) is 40.8 Å². The molecule has 140 valence electrons. The molecule has 0 atom stereocenters. The standard InChI is InChI=1S/C19H18N8S/c1-12-5-3-7-14(9-12)22-16-24-17(23-15-8-4-6-13(2)10-15)26-19(25-16)28-18-20-11-21-27-18/h3-11H,1-2H3,(H,20,21,27)(H2,22,23,24,25,26). The fourth-order valence-electron chi connectivity index (χ4n) is 2.55. The van der Waals surface area contributed by atoms with Gasteiger partial charge < -0.3 is 10.6 Å². The van der Waals surface area contributed by atoms with Crippen LogP contribution in [0.3, 0.4) is 0 Å². The lowest BCUT2D eigenvalue weighted by Crippen LogP contribution is -2.05. The number of anilines is 4. The van der Waals surface area contributed by atoms with Crippen LogP contribution in [0.5, 0.6) is 0 Å². The van der Waals surface area contributed by atoms with Gasteiger partial charge in [0.25, 0.3) is 0 Å². The maximum absolute atomic E-state index is 4.51. The molecule has 0 saturated heterocycles. The topological polar surface area (TPSA) is 104 Å². The molecule has 0 saturated carbocycles. The molecule has 2 aromatic heterocycles. The number of benzene rings is 2. The predicted molar refractivity (Wildman–Crippen MR) is 109 cm³/mol. The van der Waals surface area contributed by atoms with Crippen molar-refractivity contribution in [2.45, 2.75) is 24.2 Å². The van der Waals surface area contributed by atoms with Gasteiger partial charge in [0, 0.05) is 11.4 Å². The van der Waals surface area contributed by atoms with Gasteiger partial charge in [0.2, 0.25) is 17.1 Å². The molecule has 8 nitrogen and oxygen atoms in total. The molecule has 0 spiro atoms. The Morgan fingerprint density at radius 1 is 0.821 bits per heavy atom. The van der Waals surface area contributed by atoms with E-state index in [1.54, 1.807) is 0 Å². The summed E-state index contributed by atoms with van der Waals surface area (Å²) < 4.78 is 0.